The highest BCUT2D eigenvalue weighted by Crippen LogP contribution is 2.30. The number of pyridine rings is 1. The van der Waals surface area contributed by atoms with Gasteiger partial charge in [0.1, 0.15) is 11.9 Å². The molecule has 33 heavy (non-hydrogen) atoms. The Morgan fingerprint density at radius 1 is 1.21 bits per heavy atom. The molecule has 2 aromatic heterocycles. The third-order valence-electron chi connectivity index (χ3n) is 5.72. The monoisotopic (exact) mass is 456 g/mol. The van der Waals surface area contributed by atoms with E-state index in [-0.39, 0.29) is 11.6 Å². The fourth-order valence-electron chi connectivity index (χ4n) is 4.05. The lowest BCUT2D eigenvalue weighted by molar-refractivity contribution is -0.139. The minimum atomic E-state index is -0.865. The van der Waals surface area contributed by atoms with E-state index < -0.39 is 12.0 Å². The van der Waals surface area contributed by atoms with Gasteiger partial charge in [0.2, 0.25) is 0 Å². The van der Waals surface area contributed by atoms with E-state index in [1.54, 1.807) is 39.0 Å². The highest BCUT2D eigenvalue weighted by Gasteiger charge is 2.22. The quantitative estimate of drug-likeness (QED) is 0.456. The lowest BCUT2D eigenvalue weighted by Gasteiger charge is -2.21. The molecule has 0 radical (unpaired) electrons. The number of methoxy groups -OCH3 is 2. The van der Waals surface area contributed by atoms with Crippen LogP contribution in [0.25, 0.3) is 22.4 Å². The Morgan fingerprint density at radius 2 is 1.91 bits per heavy atom. The van der Waals surface area contributed by atoms with Crippen molar-refractivity contribution in [2.75, 3.05) is 27.4 Å². The van der Waals surface area contributed by atoms with E-state index in [1.807, 2.05) is 31.2 Å². The van der Waals surface area contributed by atoms with E-state index in [1.165, 1.54) is 0 Å². The van der Waals surface area contributed by atoms with E-state index in [9.17, 15) is 14.7 Å². The zero-order chi connectivity index (χ0) is 24.1. The molecule has 1 atom stereocenters. The molecule has 1 unspecified atom stereocenters. The summed E-state index contributed by atoms with van der Waals surface area (Å²) in [7, 11) is 5.01. The van der Waals surface area contributed by atoms with E-state index >= 15 is 0 Å². The first-order valence-electron chi connectivity index (χ1n) is 10.9. The molecular formula is C24H32N4O5. The van der Waals surface area contributed by atoms with E-state index in [0.29, 0.717) is 37.6 Å². The van der Waals surface area contributed by atoms with Gasteiger partial charge in [0.15, 0.2) is 0 Å². The summed E-state index contributed by atoms with van der Waals surface area (Å²) in [5.74, 6) is -0.152. The highest BCUT2D eigenvalue weighted by molar-refractivity contribution is 5.81. The number of hydrogen-bond acceptors (Lipinski definition) is 6. The van der Waals surface area contributed by atoms with Gasteiger partial charge in [-0.05, 0) is 37.1 Å². The lowest BCUT2D eigenvalue weighted by Crippen LogP contribution is -2.35. The molecule has 3 rings (SSSR count). The van der Waals surface area contributed by atoms with Crippen molar-refractivity contribution in [1.82, 2.24) is 19.4 Å². The SMILES string of the molecule is CCC(NCc1ccc2nc(-c3cc(C)c(=O)n(C)c3)n(C(COC)COC)c2c1)C(=O)O. The zero-order valence-corrected chi connectivity index (χ0v) is 19.8. The Morgan fingerprint density at radius 3 is 2.48 bits per heavy atom. The van der Waals surface area contributed by atoms with Gasteiger partial charge in [0.25, 0.3) is 5.56 Å². The number of carboxylic acid groups (broad SMARTS) is 1. The summed E-state index contributed by atoms with van der Waals surface area (Å²) >= 11 is 0. The van der Waals surface area contributed by atoms with Crippen LogP contribution in [0.15, 0.2) is 35.3 Å². The van der Waals surface area contributed by atoms with Crippen molar-refractivity contribution in [3.8, 4) is 11.4 Å². The number of benzene rings is 1. The molecule has 0 spiro atoms. The molecular weight excluding hydrogens is 424 g/mol. The van der Waals surface area contributed by atoms with Gasteiger partial charge < -0.3 is 29.0 Å². The van der Waals surface area contributed by atoms with Gasteiger partial charge in [-0.3, -0.25) is 9.59 Å². The summed E-state index contributed by atoms with van der Waals surface area (Å²) in [6.45, 7) is 4.87. The van der Waals surface area contributed by atoms with Crippen LogP contribution in [0.1, 0.15) is 30.5 Å². The molecule has 0 bridgehead atoms. The van der Waals surface area contributed by atoms with Gasteiger partial charge >= 0.3 is 5.97 Å². The van der Waals surface area contributed by atoms with Gasteiger partial charge in [-0.25, -0.2) is 4.98 Å². The van der Waals surface area contributed by atoms with Gasteiger partial charge in [-0.1, -0.05) is 13.0 Å². The molecule has 0 saturated carbocycles. The average Bonchev–Trinajstić information content (AvgIpc) is 3.16. The Kier molecular flexibility index (Phi) is 8.01. The van der Waals surface area contributed by atoms with Crippen LogP contribution < -0.4 is 10.9 Å². The average molecular weight is 457 g/mol. The molecule has 3 aromatic rings. The van der Waals surface area contributed by atoms with Crippen molar-refractivity contribution in [2.45, 2.75) is 38.9 Å². The molecule has 2 heterocycles. The van der Waals surface area contributed by atoms with Crippen molar-refractivity contribution in [2.24, 2.45) is 7.05 Å². The maximum atomic E-state index is 12.2. The fraction of sp³-hybridized carbons (Fsp3) is 0.458. The van der Waals surface area contributed by atoms with Gasteiger partial charge in [0.05, 0.1) is 30.3 Å². The van der Waals surface area contributed by atoms with Crippen molar-refractivity contribution >= 4 is 17.0 Å². The minimum absolute atomic E-state index is 0.0518. The first-order valence-corrected chi connectivity index (χ1v) is 10.9. The summed E-state index contributed by atoms with van der Waals surface area (Å²) < 4.78 is 14.6. The van der Waals surface area contributed by atoms with Gasteiger partial charge in [0, 0.05) is 45.1 Å². The number of aromatic nitrogens is 3. The summed E-state index contributed by atoms with van der Waals surface area (Å²) in [6.07, 6.45) is 2.28. The standard InChI is InChI=1S/C24H32N4O5/c1-6-19(24(30)31)25-11-16-7-8-20-21(10-16)28(18(13-32-4)14-33-5)22(26-20)17-9-15(2)23(29)27(3)12-17/h7-10,12,18-19,25H,6,11,13-14H2,1-5H3,(H,30,31). The third kappa shape index (κ3) is 5.32. The fourth-order valence-corrected chi connectivity index (χ4v) is 4.05. The van der Waals surface area contributed by atoms with Crippen LogP contribution in [0.2, 0.25) is 0 Å². The van der Waals surface area contributed by atoms with Crippen LogP contribution in [-0.4, -0.2) is 58.7 Å². The number of aliphatic carboxylic acids is 1. The first kappa shape index (κ1) is 24.6. The lowest BCUT2D eigenvalue weighted by atomic mass is 10.1. The van der Waals surface area contributed by atoms with Crippen molar-refractivity contribution in [1.29, 1.82) is 0 Å². The third-order valence-corrected chi connectivity index (χ3v) is 5.72. The number of imidazole rings is 1. The maximum Gasteiger partial charge on any atom is 0.320 e. The van der Waals surface area contributed by atoms with Crippen molar-refractivity contribution < 1.29 is 19.4 Å². The van der Waals surface area contributed by atoms with E-state index in [0.717, 1.165) is 22.2 Å². The van der Waals surface area contributed by atoms with Crippen LogP contribution in [-0.2, 0) is 27.9 Å². The minimum Gasteiger partial charge on any atom is -0.480 e. The smallest absolute Gasteiger partial charge is 0.320 e. The molecule has 0 saturated heterocycles. The molecule has 0 aliphatic carbocycles. The Hall–Kier alpha value is -3.01. The Bertz CT molecular complexity index is 1150. The van der Waals surface area contributed by atoms with Crippen LogP contribution in [0, 0.1) is 6.92 Å². The zero-order valence-electron chi connectivity index (χ0n) is 19.8. The molecule has 0 amide bonds. The highest BCUT2D eigenvalue weighted by atomic mass is 16.5. The second-order valence-electron chi connectivity index (χ2n) is 8.20. The van der Waals surface area contributed by atoms with E-state index in [4.69, 9.17) is 14.5 Å². The second-order valence-corrected chi connectivity index (χ2v) is 8.20. The molecule has 9 nitrogen and oxygen atoms in total. The first-order chi connectivity index (χ1) is 15.8. The predicted octanol–water partition coefficient (Wildman–Crippen LogP) is 2.50. The van der Waals surface area contributed by atoms with Gasteiger partial charge in [-0.2, -0.15) is 0 Å². The summed E-state index contributed by atoms with van der Waals surface area (Å²) in [5, 5.41) is 12.4. The van der Waals surface area contributed by atoms with E-state index in [2.05, 4.69) is 9.88 Å². The largest absolute Gasteiger partial charge is 0.480 e. The van der Waals surface area contributed by atoms with Crippen LogP contribution in [0.3, 0.4) is 0 Å². The van der Waals surface area contributed by atoms with Crippen LogP contribution in [0.4, 0.5) is 0 Å². The number of ether oxygens (including phenoxy) is 2. The molecule has 0 aliphatic rings. The number of rotatable bonds is 11. The molecule has 2 N–H and O–H groups in total. The Balaban J connectivity index is 2.15. The second kappa shape index (κ2) is 10.7. The molecule has 0 aliphatic heterocycles. The van der Waals surface area contributed by atoms with Gasteiger partial charge in [-0.15, -0.1) is 0 Å². The molecule has 1 aromatic carbocycles. The molecule has 178 valence electrons. The maximum absolute atomic E-state index is 12.2. The van der Waals surface area contributed by atoms with Crippen molar-refractivity contribution in [3.05, 3.63) is 51.9 Å². The number of nitrogens with one attached hydrogen (secondary N) is 1. The number of fused-ring (bicyclic) bond motifs is 1. The topological polar surface area (TPSA) is 108 Å². The number of nitrogens with zero attached hydrogens (tertiary/aromatic N) is 3. The Labute approximate surface area is 193 Å². The summed E-state index contributed by atoms with van der Waals surface area (Å²) in [5.41, 5.74) is 4.03. The normalized spacial score (nSPS) is 12.5. The van der Waals surface area contributed by atoms with Crippen LogP contribution >= 0.6 is 0 Å². The number of hydrogen-bond donors (Lipinski definition) is 2. The molecule has 0 fully saturated rings. The number of carboxylic acids is 1. The van der Waals surface area contributed by atoms with Crippen molar-refractivity contribution in [3.63, 3.8) is 0 Å². The summed E-state index contributed by atoms with van der Waals surface area (Å²) in [6, 6.07) is 6.98. The molecule has 9 heteroatoms. The predicted molar refractivity (Wildman–Crippen MR) is 126 cm³/mol. The number of carbonyl (C=O) groups is 1. The summed E-state index contributed by atoms with van der Waals surface area (Å²) in [4.78, 5) is 28.5. The number of aryl methyl sites for hydroxylation is 2. The van der Waals surface area contributed by atoms with Crippen LogP contribution in [0.5, 0.6) is 0 Å².